The number of ether oxygens (including phenoxy) is 2. The number of methoxy groups -OCH3 is 1. The maximum atomic E-state index is 5.40. The SMILES string of the molecule is COCOCCC[Si](c1ccccc1)c1ccccc1. The van der Waals surface area contributed by atoms with Crippen molar-refractivity contribution in [1.82, 2.24) is 0 Å². The number of hydrogen-bond acceptors (Lipinski definition) is 2. The van der Waals surface area contributed by atoms with E-state index < -0.39 is 8.80 Å². The Hall–Kier alpha value is -1.42. The Bertz CT molecular complexity index is 433. The van der Waals surface area contributed by atoms with E-state index in [1.54, 1.807) is 7.11 Å². The Morgan fingerprint density at radius 2 is 1.40 bits per heavy atom. The lowest BCUT2D eigenvalue weighted by atomic mass is 10.4. The van der Waals surface area contributed by atoms with Crippen LogP contribution in [-0.2, 0) is 9.47 Å². The largest absolute Gasteiger partial charge is 0.359 e. The van der Waals surface area contributed by atoms with Gasteiger partial charge < -0.3 is 9.47 Å². The van der Waals surface area contributed by atoms with Crippen molar-refractivity contribution in [3.05, 3.63) is 60.7 Å². The first-order valence-electron chi connectivity index (χ1n) is 6.95. The van der Waals surface area contributed by atoms with Gasteiger partial charge >= 0.3 is 0 Å². The molecule has 0 aliphatic rings. The van der Waals surface area contributed by atoms with Gasteiger partial charge in [-0.15, -0.1) is 0 Å². The summed E-state index contributed by atoms with van der Waals surface area (Å²) in [5.74, 6) is 0. The summed E-state index contributed by atoms with van der Waals surface area (Å²) in [6.07, 6.45) is 1.07. The minimum absolute atomic E-state index is 0.388. The van der Waals surface area contributed by atoms with Gasteiger partial charge in [0.15, 0.2) is 0 Å². The van der Waals surface area contributed by atoms with E-state index in [4.69, 9.17) is 9.47 Å². The standard InChI is InChI=1S/C17H21O2Si/c1-18-15-19-13-8-14-20(16-9-4-2-5-10-16)17-11-6-3-7-12-17/h2-7,9-12H,8,13-15H2,1H3. The zero-order valence-electron chi connectivity index (χ0n) is 11.9. The summed E-state index contributed by atoms with van der Waals surface area (Å²) in [5.41, 5.74) is 0. The summed E-state index contributed by atoms with van der Waals surface area (Å²) in [6, 6.07) is 22.8. The highest BCUT2D eigenvalue weighted by molar-refractivity contribution is 6.85. The Balaban J connectivity index is 2.02. The van der Waals surface area contributed by atoms with Crippen LogP contribution >= 0.6 is 0 Å². The molecule has 0 spiro atoms. The van der Waals surface area contributed by atoms with Gasteiger partial charge in [0.25, 0.3) is 0 Å². The summed E-state index contributed by atoms with van der Waals surface area (Å²) < 4.78 is 10.3. The Morgan fingerprint density at radius 3 is 1.90 bits per heavy atom. The smallest absolute Gasteiger partial charge is 0.146 e. The first-order valence-corrected chi connectivity index (χ1v) is 8.66. The van der Waals surface area contributed by atoms with E-state index in [0.29, 0.717) is 6.79 Å². The molecule has 2 aromatic rings. The van der Waals surface area contributed by atoms with E-state index in [-0.39, 0.29) is 0 Å². The third-order valence-electron chi connectivity index (χ3n) is 3.16. The second-order valence-corrected chi connectivity index (χ2v) is 7.24. The molecule has 0 saturated heterocycles. The van der Waals surface area contributed by atoms with Crippen LogP contribution in [0.25, 0.3) is 0 Å². The van der Waals surface area contributed by atoms with Gasteiger partial charge in [0.2, 0.25) is 0 Å². The zero-order valence-corrected chi connectivity index (χ0v) is 12.9. The molecule has 0 heterocycles. The molecule has 3 heteroatoms. The van der Waals surface area contributed by atoms with Crippen LogP contribution in [0.5, 0.6) is 0 Å². The lowest BCUT2D eigenvalue weighted by molar-refractivity contribution is -0.0300. The van der Waals surface area contributed by atoms with Crippen LogP contribution in [0.15, 0.2) is 60.7 Å². The van der Waals surface area contributed by atoms with Crippen molar-refractivity contribution in [2.24, 2.45) is 0 Å². The number of hydrogen-bond donors (Lipinski definition) is 0. The minimum atomic E-state index is -0.708. The molecule has 0 bridgehead atoms. The predicted octanol–water partition coefficient (Wildman–Crippen LogP) is 2.31. The molecule has 105 valence electrons. The molecule has 0 amide bonds. The molecule has 2 aromatic carbocycles. The van der Waals surface area contributed by atoms with Crippen LogP contribution in [0.1, 0.15) is 6.42 Å². The molecule has 0 saturated carbocycles. The van der Waals surface area contributed by atoms with Gasteiger partial charge in [-0.1, -0.05) is 71.0 Å². The monoisotopic (exact) mass is 285 g/mol. The lowest BCUT2D eigenvalue weighted by Gasteiger charge is -2.16. The van der Waals surface area contributed by atoms with Crippen LogP contribution in [0, 0.1) is 0 Å². The Labute approximate surface area is 123 Å². The van der Waals surface area contributed by atoms with E-state index in [2.05, 4.69) is 60.7 Å². The second-order valence-electron chi connectivity index (χ2n) is 4.63. The predicted molar refractivity (Wildman–Crippen MR) is 85.2 cm³/mol. The van der Waals surface area contributed by atoms with E-state index >= 15 is 0 Å². The first-order chi connectivity index (χ1) is 9.92. The van der Waals surface area contributed by atoms with Crippen LogP contribution in [0.3, 0.4) is 0 Å². The fraction of sp³-hybridized carbons (Fsp3) is 0.294. The molecule has 0 N–H and O–H groups in total. The molecule has 0 unspecified atom stereocenters. The number of rotatable bonds is 8. The molecule has 2 rings (SSSR count). The Kier molecular flexibility index (Phi) is 6.51. The van der Waals surface area contributed by atoms with Gasteiger partial charge in [0.1, 0.15) is 15.6 Å². The number of benzene rings is 2. The average molecular weight is 285 g/mol. The summed E-state index contributed by atoms with van der Waals surface area (Å²) in [4.78, 5) is 0. The van der Waals surface area contributed by atoms with Gasteiger partial charge in [0.05, 0.1) is 0 Å². The molecule has 0 atom stereocenters. The summed E-state index contributed by atoms with van der Waals surface area (Å²) >= 11 is 0. The molecule has 1 radical (unpaired) electrons. The molecule has 0 aromatic heterocycles. The van der Waals surface area contributed by atoms with Gasteiger partial charge in [-0.3, -0.25) is 0 Å². The van der Waals surface area contributed by atoms with E-state index in [9.17, 15) is 0 Å². The van der Waals surface area contributed by atoms with Crippen LogP contribution in [0.4, 0.5) is 0 Å². The first kappa shape index (κ1) is 15.0. The average Bonchev–Trinajstić information content (AvgIpc) is 2.53. The maximum absolute atomic E-state index is 5.40. The summed E-state index contributed by atoms with van der Waals surface area (Å²) in [6.45, 7) is 1.15. The van der Waals surface area contributed by atoms with Crippen molar-refractivity contribution in [3.8, 4) is 0 Å². The van der Waals surface area contributed by atoms with Gasteiger partial charge in [-0.05, 0) is 12.5 Å². The lowest BCUT2D eigenvalue weighted by Crippen LogP contribution is -2.41. The molecule has 0 aliphatic carbocycles. The third-order valence-corrected chi connectivity index (χ3v) is 6.08. The van der Waals surface area contributed by atoms with Gasteiger partial charge in [-0.2, -0.15) is 0 Å². The van der Waals surface area contributed by atoms with Crippen molar-refractivity contribution in [1.29, 1.82) is 0 Å². The quantitative estimate of drug-likeness (QED) is 0.421. The molecule has 2 nitrogen and oxygen atoms in total. The Morgan fingerprint density at radius 1 is 0.850 bits per heavy atom. The zero-order chi connectivity index (χ0) is 14.0. The topological polar surface area (TPSA) is 18.5 Å². The fourth-order valence-electron chi connectivity index (χ4n) is 2.23. The third kappa shape index (κ3) is 4.60. The highest BCUT2D eigenvalue weighted by atomic mass is 28.3. The van der Waals surface area contributed by atoms with Crippen molar-refractivity contribution < 1.29 is 9.47 Å². The van der Waals surface area contributed by atoms with E-state index in [1.807, 2.05) is 0 Å². The second kappa shape index (κ2) is 8.69. The minimum Gasteiger partial charge on any atom is -0.359 e. The van der Waals surface area contributed by atoms with Crippen molar-refractivity contribution in [3.63, 3.8) is 0 Å². The van der Waals surface area contributed by atoms with E-state index in [0.717, 1.165) is 13.0 Å². The van der Waals surface area contributed by atoms with Gasteiger partial charge in [0, 0.05) is 13.7 Å². The highest BCUT2D eigenvalue weighted by Gasteiger charge is 2.15. The molecule has 0 fully saturated rings. The van der Waals surface area contributed by atoms with Gasteiger partial charge in [-0.25, -0.2) is 0 Å². The molecular formula is C17H21O2Si. The fourth-order valence-corrected chi connectivity index (χ4v) is 4.83. The van der Waals surface area contributed by atoms with Crippen LogP contribution < -0.4 is 10.4 Å². The molecular weight excluding hydrogens is 264 g/mol. The van der Waals surface area contributed by atoms with Crippen LogP contribution in [-0.4, -0.2) is 29.3 Å². The van der Waals surface area contributed by atoms with Crippen molar-refractivity contribution >= 4 is 19.2 Å². The summed E-state index contributed by atoms with van der Waals surface area (Å²) in [5, 5.41) is 2.94. The maximum Gasteiger partial charge on any atom is 0.146 e. The molecule has 20 heavy (non-hydrogen) atoms. The highest BCUT2D eigenvalue weighted by Crippen LogP contribution is 2.02. The summed E-state index contributed by atoms with van der Waals surface area (Å²) in [7, 11) is 0.948. The van der Waals surface area contributed by atoms with Crippen molar-refractivity contribution in [2.45, 2.75) is 12.5 Å². The van der Waals surface area contributed by atoms with Crippen LogP contribution in [0.2, 0.25) is 6.04 Å². The van der Waals surface area contributed by atoms with Crippen molar-refractivity contribution in [2.75, 3.05) is 20.5 Å². The normalized spacial score (nSPS) is 10.9. The van der Waals surface area contributed by atoms with E-state index in [1.165, 1.54) is 16.4 Å². The molecule has 0 aliphatic heterocycles.